The molecule has 2 aromatic carbocycles. The van der Waals surface area contributed by atoms with Gasteiger partial charge in [0.05, 0.1) is 7.11 Å². The molecule has 0 saturated carbocycles. The number of carbonyl (C=O) groups is 3. The highest BCUT2D eigenvalue weighted by Gasteiger charge is 2.22. The lowest BCUT2D eigenvalue weighted by Gasteiger charge is -2.11. The first-order chi connectivity index (χ1) is 17.2. The molecule has 188 valence electrons. The van der Waals surface area contributed by atoms with Crippen LogP contribution in [0.2, 0.25) is 0 Å². The number of ketones is 1. The maximum absolute atomic E-state index is 14.1. The number of amides is 2. The van der Waals surface area contributed by atoms with Gasteiger partial charge >= 0.3 is 0 Å². The molecule has 1 fully saturated rings. The standard InChI is InChI=1S/C15H12FNO4.C10H14N4O/c1-21-11-7-6-10(18)12(13(11)16)14(19)8-2-4-9(5-3-8)15(17)20;11-9-5-7(1-4-13-9)10(15)14-8-2-3-12-6-8/h2-7,18H,1H3,(H2,17,20);1,4-5,8,12H,2-3,6H2,(H2,11,13)(H,14,15)/t;8-/m.0/s1. The van der Waals surface area contributed by atoms with Crippen LogP contribution in [-0.4, -0.2) is 53.9 Å². The summed E-state index contributed by atoms with van der Waals surface area (Å²) in [6.07, 6.45) is 2.52. The van der Waals surface area contributed by atoms with Crippen molar-refractivity contribution in [1.82, 2.24) is 15.6 Å². The van der Waals surface area contributed by atoms with E-state index in [1.165, 1.54) is 49.7 Å². The maximum atomic E-state index is 14.1. The molecule has 1 aliphatic heterocycles. The lowest BCUT2D eigenvalue weighted by Crippen LogP contribution is -2.36. The number of nitrogens with zero attached hydrogens (tertiary/aromatic N) is 1. The van der Waals surface area contributed by atoms with Gasteiger partial charge in [-0.2, -0.15) is 0 Å². The Morgan fingerprint density at radius 1 is 1.11 bits per heavy atom. The van der Waals surface area contributed by atoms with E-state index in [-0.39, 0.29) is 28.8 Å². The Balaban J connectivity index is 0.000000212. The highest BCUT2D eigenvalue weighted by atomic mass is 19.1. The molecular formula is C25H26FN5O5. The van der Waals surface area contributed by atoms with E-state index in [0.29, 0.717) is 11.4 Å². The number of methoxy groups -OCH3 is 1. The maximum Gasteiger partial charge on any atom is 0.251 e. The van der Waals surface area contributed by atoms with Gasteiger partial charge in [0.2, 0.25) is 5.91 Å². The van der Waals surface area contributed by atoms with Crippen molar-refractivity contribution < 1.29 is 28.6 Å². The van der Waals surface area contributed by atoms with E-state index in [1.54, 1.807) is 12.1 Å². The summed E-state index contributed by atoms with van der Waals surface area (Å²) in [6.45, 7) is 1.80. The average molecular weight is 496 g/mol. The number of nitrogens with one attached hydrogen (secondary N) is 2. The minimum atomic E-state index is -0.943. The van der Waals surface area contributed by atoms with Crippen LogP contribution in [-0.2, 0) is 0 Å². The Hall–Kier alpha value is -4.51. The lowest BCUT2D eigenvalue weighted by atomic mass is 10.00. The van der Waals surface area contributed by atoms with E-state index in [0.717, 1.165) is 19.5 Å². The van der Waals surface area contributed by atoms with Gasteiger partial charge in [-0.3, -0.25) is 14.4 Å². The van der Waals surface area contributed by atoms with E-state index in [1.807, 2.05) is 0 Å². The number of primary amides is 1. The Morgan fingerprint density at radius 2 is 1.81 bits per heavy atom. The second-order valence-corrected chi connectivity index (χ2v) is 7.88. The van der Waals surface area contributed by atoms with E-state index in [2.05, 4.69) is 15.6 Å². The Bertz CT molecular complexity index is 1260. The van der Waals surface area contributed by atoms with E-state index in [4.69, 9.17) is 16.2 Å². The summed E-state index contributed by atoms with van der Waals surface area (Å²) in [5, 5.41) is 15.8. The number of nitrogen functional groups attached to an aromatic ring is 1. The summed E-state index contributed by atoms with van der Waals surface area (Å²) in [6, 6.07) is 11.2. The molecule has 1 aromatic heterocycles. The molecule has 2 heterocycles. The molecule has 1 atom stereocenters. The fourth-order valence-electron chi connectivity index (χ4n) is 3.49. The van der Waals surface area contributed by atoms with Crippen molar-refractivity contribution in [3.8, 4) is 11.5 Å². The molecule has 0 unspecified atom stereocenters. The lowest BCUT2D eigenvalue weighted by molar-refractivity contribution is 0.0938. The summed E-state index contributed by atoms with van der Waals surface area (Å²) in [5.74, 6) is -2.65. The quantitative estimate of drug-likeness (QED) is 0.321. The van der Waals surface area contributed by atoms with Crippen molar-refractivity contribution in [3.63, 3.8) is 0 Å². The first kappa shape index (κ1) is 26.1. The number of pyridine rings is 1. The number of phenols is 1. The zero-order valence-electron chi connectivity index (χ0n) is 19.5. The van der Waals surface area contributed by atoms with Crippen molar-refractivity contribution in [3.05, 3.63) is 82.8 Å². The average Bonchev–Trinajstić information content (AvgIpc) is 3.37. The van der Waals surface area contributed by atoms with E-state index in [9.17, 15) is 23.9 Å². The van der Waals surface area contributed by atoms with Gasteiger partial charge in [0, 0.05) is 35.5 Å². The summed E-state index contributed by atoms with van der Waals surface area (Å²) < 4.78 is 18.9. The first-order valence-electron chi connectivity index (χ1n) is 10.9. The number of anilines is 1. The van der Waals surface area contributed by atoms with Crippen molar-refractivity contribution >= 4 is 23.4 Å². The Morgan fingerprint density at radius 3 is 2.39 bits per heavy atom. The number of aromatic nitrogens is 1. The molecule has 3 aromatic rings. The monoisotopic (exact) mass is 495 g/mol. The third-order valence-corrected chi connectivity index (χ3v) is 5.40. The van der Waals surface area contributed by atoms with Crippen molar-refractivity contribution in [2.45, 2.75) is 12.5 Å². The number of rotatable bonds is 6. The number of aromatic hydroxyl groups is 1. The molecule has 11 heteroatoms. The second-order valence-electron chi connectivity index (χ2n) is 7.88. The molecule has 4 rings (SSSR count). The third kappa shape index (κ3) is 6.33. The summed E-state index contributed by atoms with van der Waals surface area (Å²) >= 11 is 0. The number of halogens is 1. The topological polar surface area (TPSA) is 170 Å². The molecule has 0 radical (unpaired) electrons. The Kier molecular flexibility index (Phi) is 8.52. The molecule has 0 bridgehead atoms. The van der Waals surface area contributed by atoms with Crippen LogP contribution in [0.5, 0.6) is 11.5 Å². The number of benzene rings is 2. The molecule has 2 amide bonds. The van der Waals surface area contributed by atoms with E-state index < -0.39 is 28.8 Å². The number of hydrogen-bond acceptors (Lipinski definition) is 8. The predicted octanol–water partition coefficient (Wildman–Crippen LogP) is 1.63. The van der Waals surface area contributed by atoms with Gasteiger partial charge in [-0.15, -0.1) is 0 Å². The van der Waals surface area contributed by atoms with Gasteiger partial charge in [0.15, 0.2) is 17.3 Å². The largest absolute Gasteiger partial charge is 0.507 e. The van der Waals surface area contributed by atoms with Crippen LogP contribution >= 0.6 is 0 Å². The van der Waals surface area contributed by atoms with Crippen LogP contribution in [0.25, 0.3) is 0 Å². The van der Waals surface area contributed by atoms with Crippen molar-refractivity contribution in [2.24, 2.45) is 5.73 Å². The predicted molar refractivity (Wildman–Crippen MR) is 130 cm³/mol. The zero-order valence-corrected chi connectivity index (χ0v) is 19.5. The van der Waals surface area contributed by atoms with Crippen molar-refractivity contribution in [2.75, 3.05) is 25.9 Å². The molecule has 36 heavy (non-hydrogen) atoms. The molecule has 1 aliphatic rings. The summed E-state index contributed by atoms with van der Waals surface area (Å²) in [7, 11) is 1.26. The van der Waals surface area contributed by atoms with Crippen LogP contribution in [0.1, 0.15) is 43.1 Å². The van der Waals surface area contributed by atoms with Crippen LogP contribution in [0, 0.1) is 5.82 Å². The molecular weight excluding hydrogens is 469 g/mol. The molecule has 7 N–H and O–H groups in total. The Labute approximate surface area is 206 Å². The third-order valence-electron chi connectivity index (χ3n) is 5.40. The van der Waals surface area contributed by atoms with Gasteiger partial charge < -0.3 is 31.9 Å². The summed E-state index contributed by atoms with van der Waals surface area (Å²) in [4.78, 5) is 38.8. The smallest absolute Gasteiger partial charge is 0.251 e. The van der Waals surface area contributed by atoms with E-state index >= 15 is 0 Å². The first-order valence-corrected chi connectivity index (χ1v) is 10.9. The van der Waals surface area contributed by atoms with Gasteiger partial charge in [-0.05, 0) is 49.4 Å². The van der Waals surface area contributed by atoms with Gasteiger partial charge in [-0.1, -0.05) is 12.1 Å². The number of phenolic OH excluding ortho intramolecular Hbond substituents is 1. The number of ether oxygens (including phenoxy) is 1. The summed E-state index contributed by atoms with van der Waals surface area (Å²) in [5.41, 5.74) is 11.0. The number of carbonyl (C=O) groups excluding carboxylic acids is 3. The second kappa shape index (κ2) is 11.8. The van der Waals surface area contributed by atoms with Gasteiger partial charge in [0.1, 0.15) is 17.1 Å². The highest BCUT2D eigenvalue weighted by molar-refractivity contribution is 6.11. The van der Waals surface area contributed by atoms with Crippen molar-refractivity contribution in [1.29, 1.82) is 0 Å². The molecule has 1 saturated heterocycles. The molecule has 10 nitrogen and oxygen atoms in total. The molecule has 0 spiro atoms. The van der Waals surface area contributed by atoms with Crippen LogP contribution in [0.4, 0.5) is 10.2 Å². The highest BCUT2D eigenvalue weighted by Crippen LogP contribution is 2.30. The molecule has 0 aliphatic carbocycles. The van der Waals surface area contributed by atoms with Crippen LogP contribution in [0.3, 0.4) is 0 Å². The fourth-order valence-corrected chi connectivity index (χ4v) is 3.49. The van der Waals surface area contributed by atoms with Crippen LogP contribution in [0.15, 0.2) is 54.7 Å². The van der Waals surface area contributed by atoms with Gasteiger partial charge in [-0.25, -0.2) is 9.37 Å². The fraction of sp³-hybridized carbons (Fsp3) is 0.200. The zero-order chi connectivity index (χ0) is 26.2. The SMILES string of the molecule is COc1ccc(O)c(C(=O)c2ccc(C(N)=O)cc2)c1F.Nc1cc(C(=O)N[C@H]2CCNC2)ccn1. The van der Waals surface area contributed by atoms with Gasteiger partial charge in [0.25, 0.3) is 5.91 Å². The normalized spacial score (nSPS) is 14.3. The number of hydrogen-bond donors (Lipinski definition) is 5. The van der Waals surface area contributed by atoms with Crippen LogP contribution < -0.4 is 26.8 Å². The number of nitrogens with two attached hydrogens (primary N) is 2. The minimum absolute atomic E-state index is 0.0854. The minimum Gasteiger partial charge on any atom is -0.507 e.